The number of hydrogen-bond acceptors (Lipinski definition) is 7. The van der Waals surface area contributed by atoms with Gasteiger partial charge in [-0.05, 0) is 58.6 Å². The van der Waals surface area contributed by atoms with Crippen molar-refractivity contribution >= 4 is 34.7 Å². The number of ether oxygens (including phenoxy) is 1. The number of thiazole rings is 1. The van der Waals surface area contributed by atoms with Gasteiger partial charge >= 0.3 is 0 Å². The number of imide groups is 1. The fourth-order valence-electron chi connectivity index (χ4n) is 5.52. The topological polar surface area (TPSA) is 91.8 Å². The van der Waals surface area contributed by atoms with Crippen LogP contribution in [-0.2, 0) is 16.1 Å². The first-order valence-electron chi connectivity index (χ1n) is 12.3. The van der Waals surface area contributed by atoms with E-state index in [1.165, 1.54) is 4.90 Å². The number of piperidine rings is 1. The van der Waals surface area contributed by atoms with Crippen LogP contribution in [0.5, 0.6) is 0 Å². The summed E-state index contributed by atoms with van der Waals surface area (Å²) in [6.45, 7) is 8.16. The summed E-state index contributed by atoms with van der Waals surface area (Å²) in [5.74, 6) is -0.631. The van der Waals surface area contributed by atoms with Gasteiger partial charge in [0.25, 0.3) is 11.8 Å². The van der Waals surface area contributed by atoms with Gasteiger partial charge in [0, 0.05) is 31.1 Å². The van der Waals surface area contributed by atoms with E-state index in [0.29, 0.717) is 43.7 Å². The molecule has 35 heavy (non-hydrogen) atoms. The van der Waals surface area contributed by atoms with Crippen LogP contribution in [-0.4, -0.2) is 58.9 Å². The zero-order valence-corrected chi connectivity index (χ0v) is 21.3. The number of fused-ring (bicyclic) bond motifs is 1. The lowest BCUT2D eigenvalue weighted by Crippen LogP contribution is -2.48. The van der Waals surface area contributed by atoms with Crippen molar-refractivity contribution in [3.63, 3.8) is 0 Å². The van der Waals surface area contributed by atoms with Crippen LogP contribution < -0.4 is 10.2 Å². The first-order valence-corrected chi connectivity index (χ1v) is 13.2. The molecule has 8 nitrogen and oxygen atoms in total. The summed E-state index contributed by atoms with van der Waals surface area (Å²) in [5, 5.41) is 5.96. The highest BCUT2D eigenvalue weighted by Crippen LogP contribution is 2.38. The van der Waals surface area contributed by atoms with Crippen LogP contribution in [0, 0.1) is 12.8 Å². The van der Waals surface area contributed by atoms with Gasteiger partial charge in [0.1, 0.15) is 0 Å². The van der Waals surface area contributed by atoms with Crippen molar-refractivity contribution in [3.05, 3.63) is 45.4 Å². The molecule has 1 aromatic carbocycles. The highest BCUT2D eigenvalue weighted by molar-refractivity contribution is 7.09. The molecule has 0 unspecified atom stereocenters. The minimum atomic E-state index is -0.369. The minimum Gasteiger partial charge on any atom is -0.375 e. The molecule has 3 amide bonds. The molecule has 2 aromatic rings. The van der Waals surface area contributed by atoms with Crippen molar-refractivity contribution in [2.75, 3.05) is 24.6 Å². The highest BCUT2D eigenvalue weighted by Gasteiger charge is 2.45. The molecule has 0 saturated carbocycles. The van der Waals surface area contributed by atoms with Crippen molar-refractivity contribution < 1.29 is 19.1 Å². The van der Waals surface area contributed by atoms with Gasteiger partial charge in [-0.2, -0.15) is 0 Å². The monoisotopic (exact) mass is 496 g/mol. The summed E-state index contributed by atoms with van der Waals surface area (Å²) in [5.41, 5.74) is 2.19. The fourth-order valence-corrected chi connectivity index (χ4v) is 6.13. The quantitative estimate of drug-likeness (QED) is 0.637. The van der Waals surface area contributed by atoms with E-state index in [1.807, 2.05) is 38.3 Å². The van der Waals surface area contributed by atoms with Crippen molar-refractivity contribution in [2.24, 2.45) is 5.92 Å². The van der Waals surface area contributed by atoms with Crippen molar-refractivity contribution in [3.8, 4) is 0 Å². The van der Waals surface area contributed by atoms with E-state index in [2.05, 4.69) is 15.2 Å². The van der Waals surface area contributed by atoms with Crippen LogP contribution in [0.3, 0.4) is 0 Å². The number of carbonyl (C=O) groups excluding carboxylic acids is 3. The van der Waals surface area contributed by atoms with Gasteiger partial charge < -0.3 is 15.0 Å². The molecule has 2 atom stereocenters. The molecule has 0 radical (unpaired) electrons. The van der Waals surface area contributed by atoms with Crippen LogP contribution in [0.15, 0.2) is 23.6 Å². The SMILES string of the molecule is Cc1nc(CNC(=O)[C@H]2CCCN(c3cccc4c3C(=O)N([C@@H]3CCOC(C)(C)C3)C4=O)C2)cs1. The number of amides is 3. The fraction of sp³-hybridized carbons (Fsp3) is 0.538. The first-order chi connectivity index (χ1) is 16.7. The Hall–Kier alpha value is -2.78. The summed E-state index contributed by atoms with van der Waals surface area (Å²) in [4.78, 5) is 47.8. The molecular weight excluding hydrogens is 464 g/mol. The van der Waals surface area contributed by atoms with Gasteiger partial charge in [-0.25, -0.2) is 4.98 Å². The molecule has 3 aliphatic rings. The van der Waals surface area contributed by atoms with Crippen LogP contribution in [0.4, 0.5) is 5.69 Å². The Kier molecular flexibility index (Phi) is 6.40. The third-order valence-electron chi connectivity index (χ3n) is 7.20. The van der Waals surface area contributed by atoms with Gasteiger partial charge in [-0.15, -0.1) is 11.3 Å². The van der Waals surface area contributed by atoms with Crippen LogP contribution in [0.2, 0.25) is 0 Å². The Morgan fingerprint density at radius 3 is 2.83 bits per heavy atom. The maximum atomic E-state index is 13.6. The number of anilines is 1. The van der Waals surface area contributed by atoms with Gasteiger partial charge in [0.15, 0.2) is 0 Å². The van der Waals surface area contributed by atoms with E-state index >= 15 is 0 Å². The smallest absolute Gasteiger partial charge is 0.263 e. The van der Waals surface area contributed by atoms with Gasteiger partial charge in [0.05, 0.1) is 45.6 Å². The van der Waals surface area contributed by atoms with Crippen LogP contribution >= 0.6 is 11.3 Å². The second kappa shape index (κ2) is 9.35. The van der Waals surface area contributed by atoms with Crippen LogP contribution in [0.25, 0.3) is 0 Å². The van der Waals surface area contributed by atoms with Crippen molar-refractivity contribution in [2.45, 2.75) is 64.6 Å². The summed E-state index contributed by atoms with van der Waals surface area (Å²) >= 11 is 1.57. The normalized spacial score (nSPS) is 24.0. The average molecular weight is 497 g/mol. The Balaban J connectivity index is 1.32. The number of nitrogens with one attached hydrogen (secondary N) is 1. The maximum absolute atomic E-state index is 13.6. The van der Waals surface area contributed by atoms with E-state index in [0.717, 1.165) is 35.8 Å². The van der Waals surface area contributed by atoms with E-state index in [1.54, 1.807) is 17.4 Å². The molecule has 2 saturated heterocycles. The van der Waals surface area contributed by atoms with Crippen LogP contribution in [0.1, 0.15) is 70.9 Å². The lowest BCUT2D eigenvalue weighted by Gasteiger charge is -2.39. The number of benzene rings is 1. The molecule has 186 valence electrons. The zero-order chi connectivity index (χ0) is 24.7. The molecule has 0 aliphatic carbocycles. The molecule has 9 heteroatoms. The maximum Gasteiger partial charge on any atom is 0.263 e. The van der Waals surface area contributed by atoms with Crippen molar-refractivity contribution in [1.82, 2.24) is 15.2 Å². The Bertz CT molecular complexity index is 1160. The summed E-state index contributed by atoms with van der Waals surface area (Å²) in [6.07, 6.45) is 2.91. The minimum absolute atomic E-state index is 0.00129. The first kappa shape index (κ1) is 23.9. The Labute approximate surface area is 209 Å². The second-order valence-electron chi connectivity index (χ2n) is 10.3. The lowest BCUT2D eigenvalue weighted by atomic mass is 9.93. The van der Waals surface area contributed by atoms with E-state index < -0.39 is 0 Å². The molecule has 0 bridgehead atoms. The number of nitrogens with zero attached hydrogens (tertiary/aromatic N) is 3. The third kappa shape index (κ3) is 4.71. The predicted molar refractivity (Wildman–Crippen MR) is 134 cm³/mol. The summed E-state index contributed by atoms with van der Waals surface area (Å²) in [6, 6.07) is 5.31. The number of aryl methyl sites for hydroxylation is 1. The van der Waals surface area contributed by atoms with Gasteiger partial charge in [0.2, 0.25) is 5.91 Å². The molecule has 5 rings (SSSR count). The largest absolute Gasteiger partial charge is 0.375 e. The summed E-state index contributed by atoms with van der Waals surface area (Å²) < 4.78 is 5.81. The highest BCUT2D eigenvalue weighted by atomic mass is 32.1. The predicted octanol–water partition coefficient (Wildman–Crippen LogP) is 3.54. The lowest BCUT2D eigenvalue weighted by molar-refractivity contribution is -0.125. The van der Waals surface area contributed by atoms with Crippen molar-refractivity contribution in [1.29, 1.82) is 0 Å². The average Bonchev–Trinajstić information content (AvgIpc) is 3.37. The third-order valence-corrected chi connectivity index (χ3v) is 8.03. The summed E-state index contributed by atoms with van der Waals surface area (Å²) in [7, 11) is 0. The van der Waals surface area contributed by atoms with E-state index in [-0.39, 0.29) is 35.3 Å². The number of aromatic nitrogens is 1. The van der Waals surface area contributed by atoms with Gasteiger partial charge in [-0.1, -0.05) is 6.07 Å². The molecule has 1 N–H and O–H groups in total. The zero-order valence-electron chi connectivity index (χ0n) is 20.5. The molecule has 1 aromatic heterocycles. The molecule has 0 spiro atoms. The Morgan fingerprint density at radius 1 is 1.26 bits per heavy atom. The molecule has 4 heterocycles. The second-order valence-corrected chi connectivity index (χ2v) is 11.4. The van der Waals surface area contributed by atoms with E-state index in [9.17, 15) is 14.4 Å². The standard InChI is InChI=1S/C26H32N4O4S/c1-16-28-18(15-35-16)13-27-23(31)17-6-5-10-29(14-17)21-8-4-7-20-22(21)25(33)30(24(20)32)19-9-11-34-26(2,3)12-19/h4,7-8,15,17,19H,5-6,9-14H2,1-3H3,(H,27,31)/t17-,19+/m0/s1. The molecular formula is C26H32N4O4S. The number of hydrogen-bond donors (Lipinski definition) is 1. The number of carbonyl (C=O) groups is 3. The molecule has 2 fully saturated rings. The van der Waals surface area contributed by atoms with E-state index in [4.69, 9.17) is 4.74 Å². The Morgan fingerprint density at radius 2 is 2.09 bits per heavy atom. The number of rotatable bonds is 5. The molecule has 3 aliphatic heterocycles. The van der Waals surface area contributed by atoms with Gasteiger partial charge in [-0.3, -0.25) is 19.3 Å².